The third-order valence-electron chi connectivity index (χ3n) is 4.87. The fourth-order valence-corrected chi connectivity index (χ4v) is 4.72. The maximum absolute atomic E-state index is 12.6. The highest BCUT2D eigenvalue weighted by Crippen LogP contribution is 2.39. The molecule has 9 heteroatoms. The second-order valence-electron chi connectivity index (χ2n) is 7.76. The van der Waals surface area contributed by atoms with Gasteiger partial charge in [0, 0.05) is 18.7 Å². The second-order valence-corrected chi connectivity index (χ2v) is 9.41. The van der Waals surface area contributed by atoms with Crippen molar-refractivity contribution >= 4 is 21.7 Å². The van der Waals surface area contributed by atoms with Crippen LogP contribution >= 0.6 is 0 Å². The molecule has 4 rings (SSSR count). The minimum Gasteiger partial charge on any atom is -0.477 e. The Balaban J connectivity index is 1.53. The van der Waals surface area contributed by atoms with Crippen molar-refractivity contribution in [2.75, 3.05) is 11.9 Å². The quantitative estimate of drug-likeness (QED) is 0.837. The number of benzene rings is 1. The maximum Gasteiger partial charge on any atom is 0.333 e. The van der Waals surface area contributed by atoms with Crippen LogP contribution < -0.4 is 14.8 Å². The van der Waals surface area contributed by atoms with E-state index in [0.29, 0.717) is 18.8 Å². The third kappa shape index (κ3) is 3.39. The lowest BCUT2D eigenvalue weighted by molar-refractivity contribution is 0.224. The van der Waals surface area contributed by atoms with Crippen molar-refractivity contribution in [2.24, 2.45) is 5.41 Å². The number of nitrogens with one attached hydrogen (secondary N) is 2. The van der Waals surface area contributed by atoms with E-state index in [0.717, 1.165) is 24.8 Å². The number of aromatic nitrogens is 2. The lowest BCUT2D eigenvalue weighted by Gasteiger charge is -2.17. The molecule has 0 spiro atoms. The molecule has 0 bridgehead atoms. The number of aryl methyl sites for hydroxylation is 1. The first-order chi connectivity index (χ1) is 12.8. The Labute approximate surface area is 158 Å². The number of sulfonamides is 1. The number of carbonyl (C=O) groups excluding carboxylic acids is 1. The summed E-state index contributed by atoms with van der Waals surface area (Å²) in [5.74, 6) is 0.170. The second kappa shape index (κ2) is 6.26. The van der Waals surface area contributed by atoms with Crippen LogP contribution in [0.4, 0.5) is 10.5 Å². The van der Waals surface area contributed by atoms with Crippen LogP contribution in [0.2, 0.25) is 0 Å². The van der Waals surface area contributed by atoms with Gasteiger partial charge in [-0.3, -0.25) is 0 Å². The van der Waals surface area contributed by atoms with Gasteiger partial charge >= 0.3 is 6.03 Å². The summed E-state index contributed by atoms with van der Waals surface area (Å²) in [6, 6.07) is 4.90. The highest BCUT2D eigenvalue weighted by atomic mass is 32.2. The van der Waals surface area contributed by atoms with Gasteiger partial charge in [0.2, 0.25) is 5.88 Å². The summed E-state index contributed by atoms with van der Waals surface area (Å²) in [7, 11) is -4.09. The molecule has 0 saturated carbocycles. The summed E-state index contributed by atoms with van der Waals surface area (Å²) in [5.41, 5.74) is 3.00. The molecule has 0 atom stereocenters. The average molecular weight is 390 g/mol. The number of rotatable bonds is 3. The fraction of sp³-hybridized carbons (Fsp3) is 0.444. The predicted molar refractivity (Wildman–Crippen MR) is 99.3 cm³/mol. The number of hydrogen-bond donors (Lipinski definition) is 2. The van der Waals surface area contributed by atoms with Gasteiger partial charge in [-0.2, -0.15) is 5.10 Å². The van der Waals surface area contributed by atoms with Gasteiger partial charge in [-0.25, -0.2) is 22.6 Å². The number of nitrogens with zero attached hydrogens (tertiary/aromatic N) is 2. The zero-order valence-corrected chi connectivity index (χ0v) is 16.1. The van der Waals surface area contributed by atoms with Gasteiger partial charge in [-0.05, 0) is 35.4 Å². The van der Waals surface area contributed by atoms with Crippen molar-refractivity contribution in [3.63, 3.8) is 0 Å². The molecule has 1 aromatic heterocycles. The number of ether oxygens (including phenoxy) is 1. The molecule has 27 heavy (non-hydrogen) atoms. The van der Waals surface area contributed by atoms with Gasteiger partial charge in [0.25, 0.3) is 10.0 Å². The molecule has 1 aliphatic carbocycles. The molecule has 2 N–H and O–H groups in total. The summed E-state index contributed by atoms with van der Waals surface area (Å²) in [6.07, 6.45) is 3.73. The molecule has 2 aliphatic rings. The van der Waals surface area contributed by atoms with Crippen LogP contribution in [0.5, 0.6) is 5.88 Å². The van der Waals surface area contributed by atoms with E-state index in [4.69, 9.17) is 4.74 Å². The topological polar surface area (TPSA) is 102 Å². The molecule has 2 amide bonds. The Hall–Kier alpha value is -2.55. The van der Waals surface area contributed by atoms with Crippen molar-refractivity contribution in [1.82, 2.24) is 14.5 Å². The number of fused-ring (bicyclic) bond motifs is 2. The van der Waals surface area contributed by atoms with E-state index in [1.807, 2.05) is 12.1 Å². The molecule has 1 aliphatic heterocycles. The smallest absolute Gasteiger partial charge is 0.333 e. The van der Waals surface area contributed by atoms with E-state index in [-0.39, 0.29) is 16.2 Å². The van der Waals surface area contributed by atoms with E-state index in [9.17, 15) is 13.2 Å². The zero-order valence-electron chi connectivity index (χ0n) is 15.3. The molecule has 0 fully saturated rings. The van der Waals surface area contributed by atoms with Crippen LogP contribution in [-0.2, 0) is 29.4 Å². The lowest BCUT2D eigenvalue weighted by Crippen LogP contribution is -2.35. The molecule has 1 aromatic carbocycles. The summed E-state index contributed by atoms with van der Waals surface area (Å²) in [6.45, 7) is 5.35. The Bertz CT molecular complexity index is 1010. The third-order valence-corrected chi connectivity index (χ3v) is 6.19. The van der Waals surface area contributed by atoms with Gasteiger partial charge < -0.3 is 10.1 Å². The molecule has 144 valence electrons. The number of carbonyl (C=O) groups is 1. The Morgan fingerprint density at radius 3 is 2.93 bits per heavy atom. The van der Waals surface area contributed by atoms with E-state index in [1.165, 1.54) is 16.4 Å². The normalized spacial score (nSPS) is 17.6. The van der Waals surface area contributed by atoms with Gasteiger partial charge in [0.1, 0.15) is 0 Å². The minimum atomic E-state index is -4.09. The molecule has 0 unspecified atom stereocenters. The summed E-state index contributed by atoms with van der Waals surface area (Å²) < 4.78 is 34.2. The van der Waals surface area contributed by atoms with Gasteiger partial charge in [-0.1, -0.05) is 26.0 Å². The monoisotopic (exact) mass is 390 g/mol. The van der Waals surface area contributed by atoms with Gasteiger partial charge in [0.05, 0.1) is 12.8 Å². The zero-order chi connectivity index (χ0) is 19.2. The summed E-state index contributed by atoms with van der Waals surface area (Å²) in [5, 5.41) is 6.70. The van der Waals surface area contributed by atoms with Crippen molar-refractivity contribution < 1.29 is 17.9 Å². The van der Waals surface area contributed by atoms with Crippen LogP contribution in [-0.4, -0.2) is 30.8 Å². The van der Waals surface area contributed by atoms with E-state index >= 15 is 0 Å². The SMILES string of the molecule is CC1(C)Cc2cccc(NC(=O)NS(=O)(=O)c3cnn4c3OCCC4)c2C1. The van der Waals surface area contributed by atoms with E-state index < -0.39 is 16.1 Å². The van der Waals surface area contributed by atoms with E-state index in [2.05, 4.69) is 29.0 Å². The predicted octanol–water partition coefficient (Wildman–Crippen LogP) is 2.30. The molecule has 2 heterocycles. The number of amides is 2. The fourth-order valence-electron chi connectivity index (χ4n) is 3.74. The lowest BCUT2D eigenvalue weighted by atomic mass is 9.90. The Kier molecular flexibility index (Phi) is 4.14. The highest BCUT2D eigenvalue weighted by Gasteiger charge is 2.31. The highest BCUT2D eigenvalue weighted by molar-refractivity contribution is 7.90. The van der Waals surface area contributed by atoms with Crippen LogP contribution in [0.25, 0.3) is 0 Å². The molecule has 2 aromatic rings. The first kappa shape index (κ1) is 17.8. The van der Waals surface area contributed by atoms with Crippen LogP contribution in [0.15, 0.2) is 29.3 Å². The van der Waals surface area contributed by atoms with Crippen molar-refractivity contribution in [1.29, 1.82) is 0 Å². The Morgan fingerprint density at radius 2 is 2.11 bits per heavy atom. The first-order valence-electron chi connectivity index (χ1n) is 8.88. The van der Waals surface area contributed by atoms with Crippen LogP contribution in [0, 0.1) is 5.41 Å². The maximum atomic E-state index is 12.6. The largest absolute Gasteiger partial charge is 0.477 e. The Morgan fingerprint density at radius 1 is 1.30 bits per heavy atom. The number of urea groups is 1. The average Bonchev–Trinajstić information content (AvgIpc) is 3.14. The molecule has 0 radical (unpaired) electrons. The van der Waals surface area contributed by atoms with E-state index in [1.54, 1.807) is 6.07 Å². The minimum absolute atomic E-state index is 0.122. The van der Waals surface area contributed by atoms with Crippen LogP contribution in [0.3, 0.4) is 0 Å². The first-order valence-corrected chi connectivity index (χ1v) is 10.4. The number of hydrogen-bond acceptors (Lipinski definition) is 5. The summed E-state index contributed by atoms with van der Waals surface area (Å²) in [4.78, 5) is 12.3. The van der Waals surface area contributed by atoms with Crippen molar-refractivity contribution in [3.05, 3.63) is 35.5 Å². The van der Waals surface area contributed by atoms with Crippen LogP contribution in [0.1, 0.15) is 31.4 Å². The molecule has 8 nitrogen and oxygen atoms in total. The standard InChI is InChI=1S/C18H22N4O4S/c1-18(2)9-12-5-3-6-14(13(12)10-18)20-17(23)21-27(24,25)15-11-19-22-7-4-8-26-16(15)22/h3,5-6,11H,4,7-10H2,1-2H3,(H2,20,21,23). The summed E-state index contributed by atoms with van der Waals surface area (Å²) >= 11 is 0. The molecule has 0 saturated heterocycles. The molecular formula is C18H22N4O4S. The van der Waals surface area contributed by atoms with Gasteiger partial charge in [-0.15, -0.1) is 0 Å². The molecular weight excluding hydrogens is 368 g/mol. The van der Waals surface area contributed by atoms with Gasteiger partial charge in [0.15, 0.2) is 4.90 Å². The van der Waals surface area contributed by atoms with Crippen molar-refractivity contribution in [2.45, 2.75) is 44.6 Å². The van der Waals surface area contributed by atoms with Crippen molar-refractivity contribution in [3.8, 4) is 5.88 Å². The number of anilines is 1.